The molecule has 17 heavy (non-hydrogen) atoms. The fraction of sp³-hybridized carbons (Fsp3) is 0.462. The Morgan fingerprint density at radius 1 is 1.41 bits per heavy atom. The summed E-state index contributed by atoms with van der Waals surface area (Å²) in [6.07, 6.45) is 2.01. The van der Waals surface area contributed by atoms with Crippen LogP contribution in [0.3, 0.4) is 0 Å². The summed E-state index contributed by atoms with van der Waals surface area (Å²) in [6.45, 7) is 0.943. The number of amides is 1. The standard InChI is InChI=1S/C13H17NO3/c15-8-9-17-10-13(16)14-7-3-5-11-4-1-2-6-12(11)14/h1-2,4,6,15H,3,5,7-10H2. The summed E-state index contributed by atoms with van der Waals surface area (Å²) < 4.78 is 5.07. The lowest BCUT2D eigenvalue weighted by Crippen LogP contribution is -2.38. The van der Waals surface area contributed by atoms with Crippen molar-refractivity contribution in [1.29, 1.82) is 0 Å². The lowest BCUT2D eigenvalue weighted by atomic mass is 10.0. The van der Waals surface area contributed by atoms with Crippen LogP contribution in [0.15, 0.2) is 24.3 Å². The number of fused-ring (bicyclic) bond motifs is 1. The van der Waals surface area contributed by atoms with Crippen molar-refractivity contribution in [2.24, 2.45) is 0 Å². The molecule has 0 unspecified atom stereocenters. The van der Waals surface area contributed by atoms with Gasteiger partial charge in [0.1, 0.15) is 6.61 Å². The lowest BCUT2D eigenvalue weighted by Gasteiger charge is -2.29. The summed E-state index contributed by atoms with van der Waals surface area (Å²) in [5, 5.41) is 8.60. The molecule has 1 amide bonds. The first-order valence-electron chi connectivity index (χ1n) is 5.90. The zero-order valence-corrected chi connectivity index (χ0v) is 9.76. The maximum atomic E-state index is 12.0. The van der Waals surface area contributed by atoms with Crippen LogP contribution < -0.4 is 4.90 Å². The number of ether oxygens (including phenoxy) is 1. The van der Waals surface area contributed by atoms with E-state index in [4.69, 9.17) is 9.84 Å². The van der Waals surface area contributed by atoms with E-state index in [0.29, 0.717) is 0 Å². The Hall–Kier alpha value is -1.39. The number of aliphatic hydroxyl groups is 1. The smallest absolute Gasteiger partial charge is 0.252 e. The van der Waals surface area contributed by atoms with E-state index in [1.807, 2.05) is 18.2 Å². The van der Waals surface area contributed by atoms with Crippen LogP contribution in [-0.2, 0) is 16.0 Å². The highest BCUT2D eigenvalue weighted by Gasteiger charge is 2.21. The van der Waals surface area contributed by atoms with Crippen molar-refractivity contribution in [2.45, 2.75) is 12.8 Å². The molecule has 0 atom stereocenters. The van der Waals surface area contributed by atoms with E-state index in [-0.39, 0.29) is 25.7 Å². The highest BCUT2D eigenvalue weighted by molar-refractivity contribution is 5.95. The second-order valence-corrected chi connectivity index (χ2v) is 4.05. The maximum absolute atomic E-state index is 12.0. The molecule has 0 spiro atoms. The number of hydrogen-bond donors (Lipinski definition) is 1. The van der Waals surface area contributed by atoms with Crippen LogP contribution in [0.4, 0.5) is 5.69 Å². The van der Waals surface area contributed by atoms with Crippen LogP contribution in [0.25, 0.3) is 0 Å². The molecule has 0 bridgehead atoms. The number of hydrogen-bond acceptors (Lipinski definition) is 3. The number of rotatable bonds is 4. The van der Waals surface area contributed by atoms with Gasteiger partial charge >= 0.3 is 0 Å². The van der Waals surface area contributed by atoms with E-state index in [2.05, 4.69) is 6.07 Å². The normalized spacial score (nSPS) is 14.5. The van der Waals surface area contributed by atoms with Gasteiger partial charge in [-0.25, -0.2) is 0 Å². The minimum absolute atomic E-state index is 0.0365. The van der Waals surface area contributed by atoms with Gasteiger partial charge in [-0.1, -0.05) is 18.2 Å². The zero-order valence-electron chi connectivity index (χ0n) is 9.76. The average Bonchev–Trinajstić information content (AvgIpc) is 2.38. The van der Waals surface area contributed by atoms with Gasteiger partial charge in [-0.3, -0.25) is 4.79 Å². The van der Waals surface area contributed by atoms with E-state index < -0.39 is 0 Å². The average molecular weight is 235 g/mol. The van der Waals surface area contributed by atoms with E-state index in [9.17, 15) is 4.79 Å². The second-order valence-electron chi connectivity index (χ2n) is 4.05. The Bertz CT molecular complexity index is 392. The third kappa shape index (κ3) is 2.84. The molecule has 1 aromatic rings. The predicted molar refractivity (Wildman–Crippen MR) is 65.0 cm³/mol. The third-order valence-electron chi connectivity index (χ3n) is 2.87. The van der Waals surface area contributed by atoms with Gasteiger partial charge in [0, 0.05) is 12.2 Å². The Kier molecular flexibility index (Phi) is 4.12. The fourth-order valence-electron chi connectivity index (χ4n) is 2.09. The quantitative estimate of drug-likeness (QED) is 0.791. The van der Waals surface area contributed by atoms with Crippen molar-refractivity contribution in [3.05, 3.63) is 29.8 Å². The highest BCUT2D eigenvalue weighted by Crippen LogP contribution is 2.26. The van der Waals surface area contributed by atoms with E-state index >= 15 is 0 Å². The number of anilines is 1. The second kappa shape index (κ2) is 5.80. The third-order valence-corrected chi connectivity index (χ3v) is 2.87. The molecule has 0 saturated heterocycles. The number of carbonyl (C=O) groups is 1. The van der Waals surface area contributed by atoms with Crippen molar-refractivity contribution in [3.8, 4) is 0 Å². The van der Waals surface area contributed by atoms with Crippen LogP contribution >= 0.6 is 0 Å². The molecule has 0 aliphatic carbocycles. The molecular formula is C13H17NO3. The Labute approximate surface area is 101 Å². The summed E-state index contributed by atoms with van der Waals surface area (Å²) in [5.74, 6) is -0.0365. The van der Waals surface area contributed by atoms with Crippen LogP contribution in [-0.4, -0.2) is 37.4 Å². The minimum Gasteiger partial charge on any atom is -0.394 e. The summed E-state index contributed by atoms with van der Waals surface area (Å²) in [7, 11) is 0. The Morgan fingerprint density at radius 3 is 3.06 bits per heavy atom. The molecule has 0 saturated carbocycles. The summed E-state index contributed by atoms with van der Waals surface area (Å²) in [5.41, 5.74) is 2.21. The zero-order chi connectivity index (χ0) is 12.1. The van der Waals surface area contributed by atoms with Gasteiger partial charge in [-0.15, -0.1) is 0 Å². The first-order valence-corrected chi connectivity index (χ1v) is 5.90. The van der Waals surface area contributed by atoms with Crippen molar-refractivity contribution >= 4 is 11.6 Å². The van der Waals surface area contributed by atoms with Gasteiger partial charge in [0.25, 0.3) is 5.91 Å². The first-order chi connectivity index (χ1) is 8.33. The molecule has 0 fully saturated rings. The summed E-state index contributed by atoms with van der Waals surface area (Å²) in [6, 6.07) is 7.97. The van der Waals surface area contributed by atoms with Crippen LogP contribution in [0.1, 0.15) is 12.0 Å². The van der Waals surface area contributed by atoms with Crippen molar-refractivity contribution < 1.29 is 14.6 Å². The van der Waals surface area contributed by atoms with Gasteiger partial charge < -0.3 is 14.7 Å². The topological polar surface area (TPSA) is 49.8 Å². The Balaban J connectivity index is 2.05. The highest BCUT2D eigenvalue weighted by atomic mass is 16.5. The van der Waals surface area contributed by atoms with Crippen molar-refractivity contribution in [3.63, 3.8) is 0 Å². The molecule has 92 valence electrons. The number of aryl methyl sites for hydroxylation is 1. The van der Waals surface area contributed by atoms with Gasteiger partial charge in [0.15, 0.2) is 0 Å². The van der Waals surface area contributed by atoms with Crippen molar-refractivity contribution in [2.75, 3.05) is 31.3 Å². The number of nitrogens with zero attached hydrogens (tertiary/aromatic N) is 1. The fourth-order valence-corrected chi connectivity index (χ4v) is 2.09. The molecule has 1 aliphatic rings. The summed E-state index contributed by atoms with van der Waals surface area (Å²) in [4.78, 5) is 13.7. The molecule has 4 nitrogen and oxygen atoms in total. The van der Waals surface area contributed by atoms with Gasteiger partial charge in [0.05, 0.1) is 13.2 Å². The minimum atomic E-state index is -0.0517. The summed E-state index contributed by atoms with van der Waals surface area (Å²) >= 11 is 0. The van der Waals surface area contributed by atoms with E-state index in [1.54, 1.807) is 4.90 Å². The number of para-hydroxylation sites is 1. The number of aliphatic hydroxyl groups excluding tert-OH is 1. The largest absolute Gasteiger partial charge is 0.394 e. The van der Waals surface area contributed by atoms with Crippen LogP contribution in [0.5, 0.6) is 0 Å². The molecule has 0 aromatic heterocycles. The van der Waals surface area contributed by atoms with Crippen LogP contribution in [0.2, 0.25) is 0 Å². The van der Waals surface area contributed by atoms with Gasteiger partial charge in [0.2, 0.25) is 0 Å². The Morgan fingerprint density at radius 2 is 2.24 bits per heavy atom. The molecule has 1 heterocycles. The van der Waals surface area contributed by atoms with E-state index in [1.165, 1.54) is 5.56 Å². The monoisotopic (exact) mass is 235 g/mol. The van der Waals surface area contributed by atoms with Gasteiger partial charge in [-0.2, -0.15) is 0 Å². The molecular weight excluding hydrogens is 218 g/mol. The molecule has 1 N–H and O–H groups in total. The molecule has 4 heteroatoms. The van der Waals surface area contributed by atoms with Crippen LogP contribution in [0, 0.1) is 0 Å². The SMILES string of the molecule is O=C(COCCO)N1CCCc2ccccc21. The molecule has 1 aliphatic heterocycles. The van der Waals surface area contributed by atoms with Crippen molar-refractivity contribution in [1.82, 2.24) is 0 Å². The number of benzene rings is 1. The van der Waals surface area contributed by atoms with Gasteiger partial charge in [-0.05, 0) is 24.5 Å². The first kappa shape index (κ1) is 12.1. The molecule has 2 rings (SSSR count). The number of carbonyl (C=O) groups excluding carboxylic acids is 1. The van der Waals surface area contributed by atoms with E-state index in [0.717, 1.165) is 25.1 Å². The maximum Gasteiger partial charge on any atom is 0.252 e. The predicted octanol–water partition coefficient (Wildman–Crippen LogP) is 0.975. The molecule has 0 radical (unpaired) electrons. The molecule has 1 aromatic carbocycles. The lowest BCUT2D eigenvalue weighted by molar-refractivity contribution is -0.123.